The van der Waals surface area contributed by atoms with Crippen molar-refractivity contribution in [2.24, 2.45) is 0 Å². The number of furan rings is 1. The summed E-state index contributed by atoms with van der Waals surface area (Å²) in [5.74, 6) is -2.62. The van der Waals surface area contributed by atoms with Gasteiger partial charge in [-0.15, -0.1) is 0 Å². The van der Waals surface area contributed by atoms with E-state index in [1.54, 1.807) is 25.1 Å². The lowest BCUT2D eigenvalue weighted by atomic mass is 10.2. The fourth-order valence-electron chi connectivity index (χ4n) is 2.16. The van der Waals surface area contributed by atoms with Gasteiger partial charge in [-0.2, -0.15) is 0 Å². The van der Waals surface area contributed by atoms with Crippen LogP contribution >= 0.6 is 0 Å². The van der Waals surface area contributed by atoms with Crippen molar-refractivity contribution in [2.45, 2.75) is 32.1 Å². The van der Waals surface area contributed by atoms with Gasteiger partial charge in [0.1, 0.15) is 0 Å². The van der Waals surface area contributed by atoms with Gasteiger partial charge in [-0.05, 0) is 43.2 Å². The average molecular weight is 380 g/mol. The summed E-state index contributed by atoms with van der Waals surface area (Å²) < 4.78 is 31.7. The van der Waals surface area contributed by atoms with Crippen molar-refractivity contribution in [3.05, 3.63) is 53.5 Å². The second kappa shape index (κ2) is 8.15. The first kappa shape index (κ1) is 19.7. The third kappa shape index (κ3) is 5.43. The molecule has 1 atom stereocenters. The fraction of sp³-hybridized carbons (Fsp3) is 0.294. The number of hydrogen-bond donors (Lipinski definition) is 3. The van der Waals surface area contributed by atoms with E-state index in [-0.39, 0.29) is 23.3 Å². The quantitative estimate of drug-likeness (QED) is 0.646. The van der Waals surface area contributed by atoms with Crippen molar-refractivity contribution in [1.82, 2.24) is 4.72 Å². The Morgan fingerprint density at radius 1 is 1.19 bits per heavy atom. The highest BCUT2D eigenvalue weighted by Gasteiger charge is 2.17. The number of carboxylic acid groups (broad SMARTS) is 1. The summed E-state index contributed by atoms with van der Waals surface area (Å²) in [7, 11) is -3.50. The van der Waals surface area contributed by atoms with Gasteiger partial charge in [-0.1, -0.05) is 19.1 Å². The Morgan fingerprint density at radius 2 is 1.88 bits per heavy atom. The van der Waals surface area contributed by atoms with Crippen LogP contribution in [0, 0.1) is 0 Å². The van der Waals surface area contributed by atoms with E-state index in [0.717, 1.165) is 0 Å². The van der Waals surface area contributed by atoms with Crippen LogP contribution in [0.4, 0.5) is 5.69 Å². The minimum Gasteiger partial charge on any atom is -0.475 e. The Balaban J connectivity index is 2.08. The fourth-order valence-corrected chi connectivity index (χ4v) is 3.64. The number of nitrogens with one attached hydrogen (secondary N) is 2. The molecule has 0 saturated heterocycles. The molecule has 1 amide bonds. The maximum absolute atomic E-state index is 12.1. The number of anilines is 1. The Hall–Kier alpha value is -2.65. The number of carbonyl (C=O) groups is 2. The molecule has 1 heterocycles. The lowest BCUT2D eigenvalue weighted by Crippen LogP contribution is -2.32. The van der Waals surface area contributed by atoms with Crippen LogP contribution in [0.2, 0.25) is 0 Å². The molecule has 2 rings (SSSR count). The van der Waals surface area contributed by atoms with Crippen molar-refractivity contribution in [2.75, 3.05) is 5.32 Å². The molecule has 0 radical (unpaired) electrons. The molecule has 0 spiro atoms. The second-order valence-electron chi connectivity index (χ2n) is 5.81. The molecule has 0 aliphatic rings. The lowest BCUT2D eigenvalue weighted by molar-refractivity contribution is 0.0660. The summed E-state index contributed by atoms with van der Waals surface area (Å²) in [6, 6.07) is 8.66. The van der Waals surface area contributed by atoms with E-state index in [0.29, 0.717) is 17.7 Å². The summed E-state index contributed by atoms with van der Waals surface area (Å²) in [6.45, 7) is 3.66. The normalized spacial score (nSPS) is 12.5. The smallest absolute Gasteiger partial charge is 0.371 e. The molecular formula is C17H20N2O6S. The van der Waals surface area contributed by atoms with E-state index in [4.69, 9.17) is 9.52 Å². The van der Waals surface area contributed by atoms with Crippen molar-refractivity contribution in [3.8, 4) is 0 Å². The Morgan fingerprint density at radius 3 is 2.50 bits per heavy atom. The monoisotopic (exact) mass is 380 g/mol. The maximum Gasteiger partial charge on any atom is 0.371 e. The van der Waals surface area contributed by atoms with Crippen molar-refractivity contribution in [1.29, 1.82) is 0 Å². The van der Waals surface area contributed by atoms with Gasteiger partial charge < -0.3 is 14.8 Å². The zero-order valence-electron chi connectivity index (χ0n) is 14.4. The zero-order chi connectivity index (χ0) is 19.3. The predicted octanol–water partition coefficient (Wildman–Crippen LogP) is 2.45. The molecule has 3 N–H and O–H groups in total. The molecule has 1 aromatic heterocycles. The largest absolute Gasteiger partial charge is 0.475 e. The van der Waals surface area contributed by atoms with Crippen LogP contribution < -0.4 is 10.0 Å². The van der Waals surface area contributed by atoms with E-state index in [9.17, 15) is 18.0 Å². The van der Waals surface area contributed by atoms with Gasteiger partial charge in [-0.25, -0.2) is 17.9 Å². The number of carbonyl (C=O) groups excluding carboxylic acids is 1. The molecular weight excluding hydrogens is 360 g/mol. The number of rotatable bonds is 8. The van der Waals surface area contributed by atoms with E-state index < -0.39 is 21.9 Å². The van der Waals surface area contributed by atoms with Gasteiger partial charge in [0.05, 0.1) is 5.75 Å². The molecule has 8 nitrogen and oxygen atoms in total. The Labute approximate surface area is 151 Å². The van der Waals surface area contributed by atoms with Crippen LogP contribution in [-0.4, -0.2) is 31.4 Å². The lowest BCUT2D eigenvalue weighted by Gasteiger charge is -2.12. The molecule has 26 heavy (non-hydrogen) atoms. The maximum atomic E-state index is 12.1. The van der Waals surface area contributed by atoms with Crippen LogP contribution in [0.1, 0.15) is 46.9 Å². The van der Waals surface area contributed by atoms with E-state index >= 15 is 0 Å². The summed E-state index contributed by atoms with van der Waals surface area (Å²) in [5, 5.41) is 11.4. The van der Waals surface area contributed by atoms with E-state index in [1.807, 2.05) is 6.92 Å². The van der Waals surface area contributed by atoms with Gasteiger partial charge in [-0.3, -0.25) is 4.79 Å². The summed E-state index contributed by atoms with van der Waals surface area (Å²) in [4.78, 5) is 22.9. The number of aromatic carboxylic acids is 1. The molecule has 140 valence electrons. The summed E-state index contributed by atoms with van der Waals surface area (Å²) in [5.41, 5.74) is 0.879. The molecule has 0 saturated carbocycles. The molecule has 0 bridgehead atoms. The van der Waals surface area contributed by atoms with Crippen molar-refractivity contribution >= 4 is 27.6 Å². The van der Waals surface area contributed by atoms with Crippen molar-refractivity contribution in [3.63, 3.8) is 0 Å². The highest BCUT2D eigenvalue weighted by Crippen LogP contribution is 2.16. The highest BCUT2D eigenvalue weighted by molar-refractivity contribution is 7.88. The molecule has 0 aliphatic heterocycles. The zero-order valence-corrected chi connectivity index (χ0v) is 15.2. The number of sulfonamides is 1. The highest BCUT2D eigenvalue weighted by atomic mass is 32.2. The summed E-state index contributed by atoms with van der Waals surface area (Å²) in [6.07, 6.45) is 0.677. The topological polar surface area (TPSA) is 126 Å². The van der Waals surface area contributed by atoms with Crippen LogP contribution in [0.5, 0.6) is 0 Å². The second-order valence-corrected chi connectivity index (χ2v) is 7.56. The van der Waals surface area contributed by atoms with E-state index in [1.165, 1.54) is 18.2 Å². The third-order valence-electron chi connectivity index (χ3n) is 3.58. The standard InChI is InChI=1S/C17H20N2O6S/c1-3-11(2)19-26(23,24)10-12-5-4-6-13(9-12)18-16(20)14-7-8-15(25-14)17(21)22/h4-9,11,19H,3,10H2,1-2H3,(H,18,20)(H,21,22). The number of carboxylic acids is 1. The Bertz CT molecular complexity index is 903. The van der Waals surface area contributed by atoms with Crippen LogP contribution in [0.3, 0.4) is 0 Å². The summed E-state index contributed by atoms with van der Waals surface area (Å²) >= 11 is 0. The predicted molar refractivity (Wildman–Crippen MR) is 95.6 cm³/mol. The van der Waals surface area contributed by atoms with E-state index in [2.05, 4.69) is 10.0 Å². The van der Waals surface area contributed by atoms with Crippen LogP contribution in [-0.2, 0) is 15.8 Å². The Kier molecular flexibility index (Phi) is 6.17. The van der Waals surface area contributed by atoms with Gasteiger partial charge in [0.15, 0.2) is 5.76 Å². The minimum atomic E-state index is -3.50. The molecule has 0 fully saturated rings. The third-order valence-corrected chi connectivity index (χ3v) is 5.05. The average Bonchev–Trinajstić information content (AvgIpc) is 3.04. The molecule has 1 aromatic carbocycles. The molecule has 0 aliphatic carbocycles. The van der Waals surface area contributed by atoms with Gasteiger partial charge in [0.2, 0.25) is 15.8 Å². The minimum absolute atomic E-state index is 0.154. The number of benzene rings is 1. The van der Waals surface area contributed by atoms with Crippen LogP contribution in [0.25, 0.3) is 0 Å². The number of hydrogen-bond acceptors (Lipinski definition) is 5. The molecule has 9 heteroatoms. The van der Waals surface area contributed by atoms with Gasteiger partial charge in [0, 0.05) is 11.7 Å². The molecule has 1 unspecified atom stereocenters. The van der Waals surface area contributed by atoms with Gasteiger partial charge in [0.25, 0.3) is 5.91 Å². The first-order valence-corrected chi connectivity index (χ1v) is 9.59. The van der Waals surface area contributed by atoms with Crippen molar-refractivity contribution < 1.29 is 27.5 Å². The number of amides is 1. The van der Waals surface area contributed by atoms with Gasteiger partial charge >= 0.3 is 5.97 Å². The van der Waals surface area contributed by atoms with Crippen LogP contribution in [0.15, 0.2) is 40.8 Å². The first-order chi connectivity index (χ1) is 12.2. The molecule has 2 aromatic rings. The SMILES string of the molecule is CCC(C)NS(=O)(=O)Cc1cccc(NC(=O)c2ccc(C(=O)O)o2)c1. The first-order valence-electron chi connectivity index (χ1n) is 7.93.